The second-order valence-electron chi connectivity index (χ2n) is 8.50. The van der Waals surface area contributed by atoms with E-state index in [4.69, 9.17) is 4.74 Å². The van der Waals surface area contributed by atoms with Crippen molar-refractivity contribution in [3.8, 4) is 0 Å². The Morgan fingerprint density at radius 3 is 2.19 bits per heavy atom. The predicted octanol–water partition coefficient (Wildman–Crippen LogP) is 4.89. The van der Waals surface area contributed by atoms with Crippen molar-refractivity contribution >= 4 is 5.91 Å². The maximum absolute atomic E-state index is 14.4. The summed E-state index contributed by atoms with van der Waals surface area (Å²) in [5, 5.41) is 0. The summed E-state index contributed by atoms with van der Waals surface area (Å²) in [7, 11) is 0. The molecule has 0 bridgehead atoms. The van der Waals surface area contributed by atoms with E-state index in [1.165, 1.54) is 6.07 Å². The highest BCUT2D eigenvalue weighted by molar-refractivity contribution is 5.80. The van der Waals surface area contributed by atoms with E-state index >= 15 is 0 Å². The first-order valence-electron chi connectivity index (χ1n) is 10.3. The molecule has 0 N–H and O–H groups in total. The van der Waals surface area contributed by atoms with Crippen LogP contribution in [-0.2, 0) is 21.6 Å². The SMILES string of the molecule is O=C([C@@H]1CCC2c3ccc(C(F)(C(F)(F)F)C(F)(F)F)cc3CCC21)N1CCOCC1. The van der Waals surface area contributed by atoms with Gasteiger partial charge in [0.1, 0.15) is 0 Å². The fraction of sp³-hybridized carbons (Fsp3) is 0.667. The predicted molar refractivity (Wildman–Crippen MR) is 96.0 cm³/mol. The van der Waals surface area contributed by atoms with E-state index in [0.29, 0.717) is 68.8 Å². The van der Waals surface area contributed by atoms with Gasteiger partial charge in [-0.1, -0.05) is 18.2 Å². The summed E-state index contributed by atoms with van der Waals surface area (Å²) in [5.74, 6) is -0.332. The summed E-state index contributed by atoms with van der Waals surface area (Å²) in [4.78, 5) is 14.7. The molecule has 0 spiro atoms. The maximum Gasteiger partial charge on any atom is 0.435 e. The number of carbonyl (C=O) groups excluding carboxylic acids is 1. The minimum Gasteiger partial charge on any atom is -0.378 e. The highest BCUT2D eigenvalue weighted by Gasteiger charge is 2.73. The van der Waals surface area contributed by atoms with Gasteiger partial charge in [-0.25, -0.2) is 4.39 Å². The van der Waals surface area contributed by atoms with E-state index in [9.17, 15) is 35.5 Å². The zero-order valence-corrected chi connectivity index (χ0v) is 16.5. The Bertz CT molecular complexity index is 831. The number of fused-ring (bicyclic) bond motifs is 3. The molecular formula is C21H22F7NO2. The summed E-state index contributed by atoms with van der Waals surface area (Å²) in [6, 6.07) is 2.50. The second kappa shape index (κ2) is 7.64. The lowest BCUT2D eigenvalue weighted by Gasteiger charge is -2.36. The first-order chi connectivity index (χ1) is 14.4. The van der Waals surface area contributed by atoms with Crippen LogP contribution in [0.1, 0.15) is 41.9 Å². The fourth-order valence-electron chi connectivity index (χ4n) is 5.39. The molecule has 1 amide bonds. The van der Waals surface area contributed by atoms with Crippen LogP contribution in [0.4, 0.5) is 30.7 Å². The molecule has 2 unspecified atom stereocenters. The van der Waals surface area contributed by atoms with Gasteiger partial charge in [-0.15, -0.1) is 0 Å². The van der Waals surface area contributed by atoms with Crippen molar-refractivity contribution in [3.63, 3.8) is 0 Å². The third kappa shape index (κ3) is 3.60. The molecule has 0 radical (unpaired) electrons. The van der Waals surface area contributed by atoms with Gasteiger partial charge in [-0.2, -0.15) is 26.3 Å². The average Bonchev–Trinajstić information content (AvgIpc) is 3.15. The smallest absolute Gasteiger partial charge is 0.378 e. The highest BCUT2D eigenvalue weighted by atomic mass is 19.4. The summed E-state index contributed by atoms with van der Waals surface area (Å²) in [6.45, 7) is 1.98. The van der Waals surface area contributed by atoms with E-state index in [0.717, 1.165) is 0 Å². The van der Waals surface area contributed by atoms with Crippen molar-refractivity contribution < 1.29 is 40.3 Å². The first-order valence-corrected chi connectivity index (χ1v) is 10.3. The van der Waals surface area contributed by atoms with Crippen LogP contribution < -0.4 is 0 Å². The van der Waals surface area contributed by atoms with Gasteiger partial charge in [0, 0.05) is 24.6 Å². The van der Waals surface area contributed by atoms with Crippen LogP contribution in [0.15, 0.2) is 18.2 Å². The quantitative estimate of drug-likeness (QED) is 0.597. The minimum atomic E-state index is -6.13. The number of benzene rings is 1. The molecule has 0 aromatic heterocycles. The Hall–Kier alpha value is -1.84. The molecule has 1 heterocycles. The number of alkyl halides is 7. The minimum absolute atomic E-state index is 0.0194. The lowest BCUT2D eigenvalue weighted by atomic mass is 9.73. The lowest BCUT2D eigenvalue weighted by Crippen LogP contribution is -2.50. The number of carbonyl (C=O) groups is 1. The zero-order valence-electron chi connectivity index (χ0n) is 16.5. The number of rotatable bonds is 2. The number of nitrogens with zero attached hydrogens (tertiary/aromatic N) is 1. The molecule has 3 aliphatic rings. The molecule has 3 nitrogen and oxygen atoms in total. The highest BCUT2D eigenvalue weighted by Crippen LogP contribution is 2.55. The number of halogens is 7. The standard InChI is InChI=1S/C21H22F7NO2/c22-19(20(23,24)25,21(26,27)28)13-2-4-14-12(11-13)1-3-16-15(14)5-6-17(16)18(30)29-7-9-31-10-8-29/h2,4,11,15-17H,1,3,5-10H2/t15?,16?,17-/m1/s1. The molecule has 1 aromatic rings. The number of hydrogen-bond donors (Lipinski definition) is 0. The fourth-order valence-corrected chi connectivity index (χ4v) is 5.39. The van der Waals surface area contributed by atoms with Crippen molar-refractivity contribution in [3.05, 3.63) is 34.9 Å². The summed E-state index contributed by atoms with van der Waals surface area (Å²) in [6.07, 6.45) is -10.3. The van der Waals surface area contributed by atoms with E-state index in [-0.39, 0.29) is 30.1 Å². The third-order valence-electron chi connectivity index (χ3n) is 6.93. The first kappa shape index (κ1) is 22.4. The molecule has 10 heteroatoms. The van der Waals surface area contributed by atoms with Crippen molar-refractivity contribution in [2.45, 2.75) is 49.6 Å². The van der Waals surface area contributed by atoms with Gasteiger partial charge in [0.25, 0.3) is 0 Å². The van der Waals surface area contributed by atoms with Gasteiger partial charge in [-0.3, -0.25) is 4.79 Å². The molecule has 3 atom stereocenters. The molecule has 31 heavy (non-hydrogen) atoms. The Balaban J connectivity index is 1.61. The molecule has 2 aliphatic carbocycles. The molecular weight excluding hydrogens is 431 g/mol. The maximum atomic E-state index is 14.4. The number of morpholine rings is 1. The number of hydrogen-bond acceptors (Lipinski definition) is 2. The topological polar surface area (TPSA) is 29.5 Å². The molecule has 1 saturated carbocycles. The van der Waals surface area contributed by atoms with Gasteiger partial charge in [0.2, 0.25) is 5.91 Å². The van der Waals surface area contributed by atoms with Gasteiger partial charge >= 0.3 is 18.0 Å². The second-order valence-corrected chi connectivity index (χ2v) is 8.50. The largest absolute Gasteiger partial charge is 0.435 e. The van der Waals surface area contributed by atoms with Gasteiger partial charge < -0.3 is 9.64 Å². The van der Waals surface area contributed by atoms with Gasteiger partial charge in [-0.05, 0) is 48.6 Å². The van der Waals surface area contributed by atoms with E-state index in [1.807, 2.05) is 0 Å². The van der Waals surface area contributed by atoms with Crippen molar-refractivity contribution in [1.29, 1.82) is 0 Å². The monoisotopic (exact) mass is 453 g/mol. The molecule has 1 aliphatic heterocycles. The number of amides is 1. The van der Waals surface area contributed by atoms with Crippen molar-refractivity contribution in [1.82, 2.24) is 4.90 Å². The van der Waals surface area contributed by atoms with Crippen LogP contribution in [0.3, 0.4) is 0 Å². The summed E-state index contributed by atoms with van der Waals surface area (Å²) >= 11 is 0. The van der Waals surface area contributed by atoms with Crippen LogP contribution in [-0.4, -0.2) is 49.5 Å². The molecule has 1 saturated heterocycles. The Labute approximate surface area is 174 Å². The van der Waals surface area contributed by atoms with Crippen molar-refractivity contribution in [2.75, 3.05) is 26.3 Å². The summed E-state index contributed by atoms with van der Waals surface area (Å²) < 4.78 is 98.3. The summed E-state index contributed by atoms with van der Waals surface area (Å²) in [5.41, 5.74) is -5.93. The molecule has 4 rings (SSSR count). The van der Waals surface area contributed by atoms with Crippen LogP contribution in [0.2, 0.25) is 0 Å². The van der Waals surface area contributed by atoms with E-state index < -0.39 is 23.6 Å². The molecule has 2 fully saturated rings. The van der Waals surface area contributed by atoms with Gasteiger partial charge in [0.15, 0.2) is 0 Å². The van der Waals surface area contributed by atoms with Crippen molar-refractivity contribution in [2.24, 2.45) is 11.8 Å². The lowest BCUT2D eigenvalue weighted by molar-refractivity contribution is -0.348. The van der Waals surface area contributed by atoms with Crippen LogP contribution in [0.25, 0.3) is 0 Å². The normalized spacial score (nSPS) is 27.1. The van der Waals surface area contributed by atoms with Crippen LogP contribution in [0, 0.1) is 11.8 Å². The Morgan fingerprint density at radius 2 is 1.58 bits per heavy atom. The number of aryl methyl sites for hydroxylation is 1. The molecule has 172 valence electrons. The average molecular weight is 453 g/mol. The van der Waals surface area contributed by atoms with Crippen LogP contribution in [0.5, 0.6) is 0 Å². The van der Waals surface area contributed by atoms with E-state index in [2.05, 4.69) is 0 Å². The zero-order chi connectivity index (χ0) is 22.6. The van der Waals surface area contributed by atoms with Gasteiger partial charge in [0.05, 0.1) is 13.2 Å². The Morgan fingerprint density at radius 1 is 0.935 bits per heavy atom. The van der Waals surface area contributed by atoms with E-state index in [1.54, 1.807) is 4.90 Å². The van der Waals surface area contributed by atoms with Crippen LogP contribution >= 0.6 is 0 Å². The number of ether oxygens (including phenoxy) is 1. The molecule has 1 aromatic carbocycles. The Kier molecular flexibility index (Phi) is 5.51. The third-order valence-corrected chi connectivity index (χ3v) is 6.93.